The van der Waals surface area contributed by atoms with E-state index in [2.05, 4.69) is 17.1 Å². The zero-order valence-corrected chi connectivity index (χ0v) is 16.3. The summed E-state index contributed by atoms with van der Waals surface area (Å²) in [7, 11) is 3.17. The number of hydrogen-bond donors (Lipinski definition) is 1. The molecular weight excluding hydrogens is 340 g/mol. The summed E-state index contributed by atoms with van der Waals surface area (Å²) in [5.74, 6) is 1.86. The molecule has 0 saturated carbocycles. The smallest absolute Gasteiger partial charge is 0.255 e. The van der Waals surface area contributed by atoms with Gasteiger partial charge in [-0.2, -0.15) is 0 Å². The fourth-order valence-corrected chi connectivity index (χ4v) is 3.56. The molecule has 1 saturated heterocycles. The van der Waals surface area contributed by atoms with Crippen LogP contribution in [0.25, 0.3) is 0 Å². The molecule has 0 bridgehead atoms. The maximum atomic E-state index is 12.6. The molecule has 1 heterocycles. The number of amides is 1. The van der Waals surface area contributed by atoms with Crippen molar-refractivity contribution < 1.29 is 14.3 Å². The van der Waals surface area contributed by atoms with E-state index in [0.29, 0.717) is 22.7 Å². The predicted molar refractivity (Wildman–Crippen MR) is 108 cm³/mol. The number of carbonyl (C=O) groups is 1. The first-order valence-electron chi connectivity index (χ1n) is 9.43. The lowest BCUT2D eigenvalue weighted by atomic mass is 9.99. The number of piperidine rings is 1. The van der Waals surface area contributed by atoms with Crippen LogP contribution in [0.5, 0.6) is 11.5 Å². The molecule has 0 spiro atoms. The number of anilines is 1. The quantitative estimate of drug-likeness (QED) is 0.831. The Bertz CT molecular complexity index is 774. The molecule has 1 amide bonds. The molecule has 1 fully saturated rings. The highest BCUT2D eigenvalue weighted by molar-refractivity contribution is 6.05. The molecule has 0 aromatic heterocycles. The van der Waals surface area contributed by atoms with Crippen LogP contribution in [0.2, 0.25) is 0 Å². The van der Waals surface area contributed by atoms with Crippen LogP contribution < -0.4 is 14.8 Å². The van der Waals surface area contributed by atoms with Gasteiger partial charge in [-0.3, -0.25) is 9.69 Å². The Hall–Kier alpha value is -2.53. The molecule has 5 nitrogen and oxygen atoms in total. The molecule has 2 aromatic carbocycles. The van der Waals surface area contributed by atoms with Crippen molar-refractivity contribution in [2.75, 3.05) is 32.6 Å². The standard InChI is InChI=1S/C22H28N2O3/c1-16-5-4-12-24(14-16)15-17-6-8-18(9-7-17)22(25)23-20-13-19(26-2)10-11-21(20)27-3/h6-11,13,16H,4-5,12,14-15H2,1-3H3,(H,23,25)/t16-/m0/s1. The number of hydrogen-bond acceptors (Lipinski definition) is 4. The van der Waals surface area contributed by atoms with E-state index in [-0.39, 0.29) is 5.91 Å². The summed E-state index contributed by atoms with van der Waals surface area (Å²) in [6.07, 6.45) is 2.59. The lowest BCUT2D eigenvalue weighted by molar-refractivity contribution is 0.102. The van der Waals surface area contributed by atoms with E-state index in [1.165, 1.54) is 18.4 Å². The van der Waals surface area contributed by atoms with Crippen LogP contribution in [-0.2, 0) is 6.54 Å². The van der Waals surface area contributed by atoms with Gasteiger partial charge in [0, 0.05) is 24.7 Å². The lowest BCUT2D eigenvalue weighted by Crippen LogP contribution is -2.33. The summed E-state index contributed by atoms with van der Waals surface area (Å²) < 4.78 is 10.5. The van der Waals surface area contributed by atoms with Gasteiger partial charge in [-0.1, -0.05) is 19.1 Å². The molecule has 1 N–H and O–H groups in total. The molecule has 0 radical (unpaired) electrons. The topological polar surface area (TPSA) is 50.8 Å². The van der Waals surface area contributed by atoms with Crippen LogP contribution in [-0.4, -0.2) is 38.1 Å². The Kier molecular flexibility index (Phi) is 6.35. The third kappa shape index (κ3) is 5.01. The largest absolute Gasteiger partial charge is 0.497 e. The highest BCUT2D eigenvalue weighted by Crippen LogP contribution is 2.29. The summed E-state index contributed by atoms with van der Waals surface area (Å²) >= 11 is 0. The van der Waals surface area contributed by atoms with Crippen LogP contribution in [0.15, 0.2) is 42.5 Å². The van der Waals surface area contributed by atoms with Gasteiger partial charge in [-0.15, -0.1) is 0 Å². The van der Waals surface area contributed by atoms with Crippen LogP contribution in [0, 0.1) is 5.92 Å². The van der Waals surface area contributed by atoms with Gasteiger partial charge in [0.2, 0.25) is 0 Å². The number of nitrogens with zero attached hydrogens (tertiary/aromatic N) is 1. The van der Waals surface area contributed by atoms with Gasteiger partial charge in [-0.25, -0.2) is 0 Å². The lowest BCUT2D eigenvalue weighted by Gasteiger charge is -2.30. The molecule has 1 aliphatic rings. The van der Waals surface area contributed by atoms with Crippen molar-refractivity contribution in [3.8, 4) is 11.5 Å². The third-order valence-electron chi connectivity index (χ3n) is 5.02. The monoisotopic (exact) mass is 368 g/mol. The second-order valence-electron chi connectivity index (χ2n) is 7.20. The number of likely N-dealkylation sites (tertiary alicyclic amines) is 1. The van der Waals surface area contributed by atoms with Gasteiger partial charge < -0.3 is 14.8 Å². The average Bonchev–Trinajstić information content (AvgIpc) is 2.68. The number of methoxy groups -OCH3 is 2. The zero-order valence-electron chi connectivity index (χ0n) is 16.3. The Morgan fingerprint density at radius 1 is 1.15 bits per heavy atom. The Balaban J connectivity index is 1.65. The minimum atomic E-state index is -0.167. The van der Waals surface area contributed by atoms with Crippen molar-refractivity contribution in [2.24, 2.45) is 5.92 Å². The van der Waals surface area contributed by atoms with E-state index in [1.807, 2.05) is 24.3 Å². The zero-order chi connectivity index (χ0) is 19.2. The predicted octanol–water partition coefficient (Wildman–Crippen LogP) is 4.19. The maximum absolute atomic E-state index is 12.6. The minimum Gasteiger partial charge on any atom is -0.497 e. The first-order valence-corrected chi connectivity index (χ1v) is 9.43. The second kappa shape index (κ2) is 8.91. The van der Waals surface area contributed by atoms with Crippen molar-refractivity contribution >= 4 is 11.6 Å². The normalized spacial score (nSPS) is 17.4. The minimum absolute atomic E-state index is 0.167. The van der Waals surface area contributed by atoms with Gasteiger partial charge in [0.25, 0.3) is 5.91 Å². The van der Waals surface area contributed by atoms with Crippen molar-refractivity contribution in [1.82, 2.24) is 4.90 Å². The van der Waals surface area contributed by atoms with E-state index in [1.54, 1.807) is 32.4 Å². The molecule has 0 aliphatic carbocycles. The number of ether oxygens (including phenoxy) is 2. The van der Waals surface area contributed by atoms with E-state index < -0.39 is 0 Å². The second-order valence-corrected chi connectivity index (χ2v) is 7.20. The molecule has 144 valence electrons. The molecule has 27 heavy (non-hydrogen) atoms. The third-order valence-corrected chi connectivity index (χ3v) is 5.02. The Morgan fingerprint density at radius 3 is 2.59 bits per heavy atom. The maximum Gasteiger partial charge on any atom is 0.255 e. The van der Waals surface area contributed by atoms with Crippen LogP contribution >= 0.6 is 0 Å². The highest BCUT2D eigenvalue weighted by Gasteiger charge is 2.16. The first-order chi connectivity index (χ1) is 13.1. The van der Waals surface area contributed by atoms with E-state index >= 15 is 0 Å². The van der Waals surface area contributed by atoms with Gasteiger partial charge >= 0.3 is 0 Å². The molecule has 0 unspecified atom stereocenters. The Labute approximate surface area is 161 Å². The van der Waals surface area contributed by atoms with E-state index in [0.717, 1.165) is 25.6 Å². The average molecular weight is 368 g/mol. The van der Waals surface area contributed by atoms with Gasteiger partial charge in [0.15, 0.2) is 0 Å². The van der Waals surface area contributed by atoms with Crippen molar-refractivity contribution in [2.45, 2.75) is 26.3 Å². The van der Waals surface area contributed by atoms with Crippen molar-refractivity contribution in [3.63, 3.8) is 0 Å². The summed E-state index contributed by atoms with van der Waals surface area (Å²) in [6, 6.07) is 13.2. The summed E-state index contributed by atoms with van der Waals surface area (Å²) in [5.41, 5.74) is 2.45. The van der Waals surface area contributed by atoms with Crippen LogP contribution in [0.4, 0.5) is 5.69 Å². The first kappa shape index (κ1) is 19.2. The SMILES string of the molecule is COc1ccc(OC)c(NC(=O)c2ccc(CN3CCC[C@H](C)C3)cc2)c1. The fraction of sp³-hybridized carbons (Fsp3) is 0.409. The van der Waals surface area contributed by atoms with Gasteiger partial charge in [-0.05, 0) is 55.1 Å². The van der Waals surface area contributed by atoms with Crippen LogP contribution in [0.1, 0.15) is 35.7 Å². The Morgan fingerprint density at radius 2 is 1.93 bits per heavy atom. The van der Waals surface area contributed by atoms with E-state index in [4.69, 9.17) is 9.47 Å². The van der Waals surface area contributed by atoms with E-state index in [9.17, 15) is 4.79 Å². The molecule has 5 heteroatoms. The molecule has 1 atom stereocenters. The molecule has 2 aromatic rings. The fourth-order valence-electron chi connectivity index (χ4n) is 3.56. The number of benzene rings is 2. The van der Waals surface area contributed by atoms with Crippen molar-refractivity contribution in [3.05, 3.63) is 53.6 Å². The van der Waals surface area contributed by atoms with Gasteiger partial charge in [0.05, 0.1) is 19.9 Å². The van der Waals surface area contributed by atoms with Crippen molar-refractivity contribution in [1.29, 1.82) is 0 Å². The summed E-state index contributed by atoms with van der Waals surface area (Å²) in [5, 5.41) is 2.90. The number of nitrogens with one attached hydrogen (secondary N) is 1. The summed E-state index contributed by atoms with van der Waals surface area (Å²) in [4.78, 5) is 15.1. The summed E-state index contributed by atoms with van der Waals surface area (Å²) in [6.45, 7) is 5.56. The van der Waals surface area contributed by atoms with Crippen LogP contribution in [0.3, 0.4) is 0 Å². The molecular formula is C22H28N2O3. The number of carbonyl (C=O) groups excluding carboxylic acids is 1. The number of rotatable bonds is 6. The molecule has 1 aliphatic heterocycles. The molecule has 3 rings (SSSR count). The highest BCUT2D eigenvalue weighted by atomic mass is 16.5. The van der Waals surface area contributed by atoms with Gasteiger partial charge in [0.1, 0.15) is 11.5 Å².